The molecule has 0 radical (unpaired) electrons. The third kappa shape index (κ3) is 5.73. The van der Waals surface area contributed by atoms with Gasteiger partial charge in [0.05, 0.1) is 5.56 Å². The second-order valence-corrected chi connectivity index (χ2v) is 8.53. The van der Waals surface area contributed by atoms with Gasteiger partial charge in [-0.1, -0.05) is 54.1 Å². The predicted molar refractivity (Wildman–Crippen MR) is 117 cm³/mol. The van der Waals surface area contributed by atoms with Crippen molar-refractivity contribution in [3.8, 4) is 0 Å². The minimum atomic E-state index is -4.32. The van der Waals surface area contributed by atoms with Gasteiger partial charge in [0, 0.05) is 30.9 Å². The number of alkyl halides is 3. The number of aryl methyl sites for hydroxylation is 1. The second kappa shape index (κ2) is 9.23. The summed E-state index contributed by atoms with van der Waals surface area (Å²) in [6, 6.07) is 18.2. The fourth-order valence-corrected chi connectivity index (χ4v) is 4.38. The summed E-state index contributed by atoms with van der Waals surface area (Å²) in [4.78, 5) is 7.16. The van der Waals surface area contributed by atoms with Gasteiger partial charge in [0.1, 0.15) is 0 Å². The molecule has 1 aromatic heterocycles. The van der Waals surface area contributed by atoms with Crippen LogP contribution in [0.4, 0.5) is 13.2 Å². The van der Waals surface area contributed by atoms with Crippen LogP contribution in [0.1, 0.15) is 52.3 Å². The molecule has 1 saturated heterocycles. The Morgan fingerprint density at radius 3 is 2.52 bits per heavy atom. The van der Waals surface area contributed by atoms with Crippen LogP contribution in [-0.2, 0) is 19.1 Å². The van der Waals surface area contributed by atoms with Gasteiger partial charge in [-0.2, -0.15) is 13.2 Å². The molecule has 2 heterocycles. The number of halogens is 3. The molecule has 0 amide bonds. The van der Waals surface area contributed by atoms with Gasteiger partial charge in [-0.25, -0.2) is 0 Å². The number of likely N-dealkylation sites (tertiary alicyclic amines) is 1. The Morgan fingerprint density at radius 2 is 1.77 bits per heavy atom. The largest absolute Gasteiger partial charge is 0.416 e. The predicted octanol–water partition coefficient (Wildman–Crippen LogP) is 6.38. The molecule has 31 heavy (non-hydrogen) atoms. The quantitative estimate of drug-likeness (QED) is 0.472. The third-order valence-electron chi connectivity index (χ3n) is 5.92. The van der Waals surface area contributed by atoms with Crippen LogP contribution in [0.3, 0.4) is 0 Å². The highest BCUT2D eigenvalue weighted by Crippen LogP contribution is 2.30. The van der Waals surface area contributed by atoms with Crippen molar-refractivity contribution in [2.24, 2.45) is 0 Å². The molecule has 0 bridgehead atoms. The molecule has 162 valence electrons. The highest BCUT2D eigenvalue weighted by Gasteiger charge is 2.30. The molecule has 3 aromatic rings. The number of aromatic nitrogens is 1. The molecule has 4 rings (SSSR count). The van der Waals surface area contributed by atoms with Crippen LogP contribution in [0.2, 0.25) is 0 Å². The summed E-state index contributed by atoms with van der Waals surface area (Å²) in [5.41, 5.74) is 4.66. The van der Waals surface area contributed by atoms with Gasteiger partial charge in [-0.15, -0.1) is 0 Å². The Morgan fingerprint density at radius 1 is 0.968 bits per heavy atom. The van der Waals surface area contributed by atoms with Crippen LogP contribution in [0.25, 0.3) is 0 Å². The number of benzene rings is 2. The number of pyridine rings is 1. The first-order valence-corrected chi connectivity index (χ1v) is 10.8. The lowest BCUT2D eigenvalue weighted by atomic mass is 9.93. The Balaban J connectivity index is 1.39. The molecule has 1 aliphatic rings. The summed E-state index contributed by atoms with van der Waals surface area (Å²) < 4.78 is 38.8. The molecule has 1 fully saturated rings. The standard InChI is InChI=1S/C26H27F3N2/c1-19-5-2-7-22(13-19)17-31-12-4-8-23(18-31)25-11-10-21(16-30-25)14-20-6-3-9-24(15-20)26(27,28)29/h2-3,5-7,9-11,13,15-16,23H,4,8,12,14,17-18H2,1H3/t23-/m1/s1. The van der Waals surface area contributed by atoms with E-state index in [9.17, 15) is 13.2 Å². The van der Waals surface area contributed by atoms with Gasteiger partial charge in [0.2, 0.25) is 0 Å². The van der Waals surface area contributed by atoms with Gasteiger partial charge < -0.3 is 0 Å². The van der Waals surface area contributed by atoms with E-state index >= 15 is 0 Å². The van der Waals surface area contributed by atoms with Gasteiger partial charge in [-0.05, 0) is 61.6 Å². The minimum Gasteiger partial charge on any atom is -0.298 e. The van der Waals surface area contributed by atoms with Crippen LogP contribution in [0.15, 0.2) is 66.9 Å². The third-order valence-corrected chi connectivity index (χ3v) is 5.92. The zero-order valence-corrected chi connectivity index (χ0v) is 17.7. The van der Waals surface area contributed by atoms with Gasteiger partial charge >= 0.3 is 6.18 Å². The second-order valence-electron chi connectivity index (χ2n) is 8.53. The molecule has 0 saturated carbocycles. The SMILES string of the molecule is Cc1cccc(CN2CCC[C@@H](c3ccc(Cc4cccc(C(F)(F)F)c4)cn3)C2)c1. The topological polar surface area (TPSA) is 16.1 Å². The molecule has 0 aliphatic carbocycles. The van der Waals surface area contributed by atoms with Crippen molar-refractivity contribution in [2.45, 2.75) is 44.8 Å². The Hall–Kier alpha value is -2.66. The van der Waals surface area contributed by atoms with E-state index in [4.69, 9.17) is 0 Å². The summed E-state index contributed by atoms with van der Waals surface area (Å²) in [7, 11) is 0. The van der Waals surface area contributed by atoms with Crippen molar-refractivity contribution >= 4 is 0 Å². The summed E-state index contributed by atoms with van der Waals surface area (Å²) in [6.07, 6.45) is 0.203. The number of rotatable bonds is 5. The van der Waals surface area contributed by atoms with E-state index in [1.165, 1.54) is 23.3 Å². The number of hydrogen-bond acceptors (Lipinski definition) is 2. The van der Waals surface area contributed by atoms with E-state index in [1.54, 1.807) is 6.07 Å². The molecule has 0 N–H and O–H groups in total. The fraction of sp³-hybridized carbons (Fsp3) is 0.346. The number of piperidine rings is 1. The van der Waals surface area contributed by atoms with Crippen molar-refractivity contribution in [3.05, 3.63) is 100 Å². The summed E-state index contributed by atoms with van der Waals surface area (Å²) in [5.74, 6) is 0.390. The first-order valence-electron chi connectivity index (χ1n) is 10.8. The van der Waals surface area contributed by atoms with Crippen molar-refractivity contribution < 1.29 is 13.2 Å². The van der Waals surface area contributed by atoms with Gasteiger partial charge in [0.25, 0.3) is 0 Å². The van der Waals surface area contributed by atoms with E-state index < -0.39 is 11.7 Å². The van der Waals surface area contributed by atoms with Crippen molar-refractivity contribution in [2.75, 3.05) is 13.1 Å². The van der Waals surface area contributed by atoms with Crippen molar-refractivity contribution in [1.82, 2.24) is 9.88 Å². The fourth-order valence-electron chi connectivity index (χ4n) is 4.38. The average Bonchev–Trinajstić information content (AvgIpc) is 2.74. The van der Waals surface area contributed by atoms with E-state index in [2.05, 4.69) is 41.1 Å². The Kier molecular flexibility index (Phi) is 6.42. The van der Waals surface area contributed by atoms with E-state index in [-0.39, 0.29) is 0 Å². The first kappa shape index (κ1) is 21.6. The lowest BCUT2D eigenvalue weighted by Gasteiger charge is -2.32. The normalized spacial score (nSPS) is 17.6. The van der Waals surface area contributed by atoms with Gasteiger partial charge in [-0.3, -0.25) is 9.88 Å². The summed E-state index contributed by atoms with van der Waals surface area (Å²) >= 11 is 0. The molecule has 1 atom stereocenters. The summed E-state index contributed by atoms with van der Waals surface area (Å²) in [6.45, 7) is 5.14. The molecule has 0 unspecified atom stereocenters. The van der Waals surface area contributed by atoms with Crippen LogP contribution < -0.4 is 0 Å². The Bertz CT molecular complexity index is 1010. The zero-order valence-electron chi connectivity index (χ0n) is 17.7. The van der Waals surface area contributed by atoms with Crippen LogP contribution in [0.5, 0.6) is 0 Å². The van der Waals surface area contributed by atoms with Crippen LogP contribution in [0, 0.1) is 6.92 Å². The lowest BCUT2D eigenvalue weighted by molar-refractivity contribution is -0.137. The van der Waals surface area contributed by atoms with Crippen molar-refractivity contribution in [3.63, 3.8) is 0 Å². The molecule has 5 heteroatoms. The molecule has 1 aliphatic heterocycles. The van der Waals surface area contributed by atoms with Crippen LogP contribution >= 0.6 is 0 Å². The summed E-state index contributed by atoms with van der Waals surface area (Å²) in [5, 5.41) is 0. The maximum absolute atomic E-state index is 12.9. The average molecular weight is 425 g/mol. The van der Waals surface area contributed by atoms with E-state index in [0.29, 0.717) is 17.9 Å². The molecule has 2 nitrogen and oxygen atoms in total. The van der Waals surface area contributed by atoms with E-state index in [1.807, 2.05) is 18.3 Å². The van der Waals surface area contributed by atoms with Gasteiger partial charge in [0.15, 0.2) is 0 Å². The molecule has 2 aromatic carbocycles. The number of nitrogens with zero attached hydrogens (tertiary/aromatic N) is 2. The monoisotopic (exact) mass is 424 g/mol. The molecular formula is C26H27F3N2. The number of hydrogen-bond donors (Lipinski definition) is 0. The maximum atomic E-state index is 12.9. The first-order chi connectivity index (χ1) is 14.9. The molecular weight excluding hydrogens is 397 g/mol. The maximum Gasteiger partial charge on any atom is 0.416 e. The minimum absolute atomic E-state index is 0.390. The van der Waals surface area contributed by atoms with Crippen molar-refractivity contribution in [1.29, 1.82) is 0 Å². The van der Waals surface area contributed by atoms with E-state index in [0.717, 1.165) is 49.8 Å². The highest BCUT2D eigenvalue weighted by molar-refractivity contribution is 5.31. The zero-order chi connectivity index (χ0) is 21.8. The smallest absolute Gasteiger partial charge is 0.298 e. The molecule has 0 spiro atoms. The highest BCUT2D eigenvalue weighted by atomic mass is 19.4. The van der Waals surface area contributed by atoms with Crippen LogP contribution in [-0.4, -0.2) is 23.0 Å². The lowest BCUT2D eigenvalue weighted by Crippen LogP contribution is -2.34. The Labute approximate surface area is 181 Å².